The molecule has 2 saturated carbocycles. The molecule has 1 saturated heterocycles. The molecule has 4 aliphatic rings. The molecule has 3 fully saturated rings. The standard InChI is InChI=1S/C26H36N4O/c1-24(10-11-24)23-18-20(21-7-15-29-30(21)23)27-16-12-25(22-6-2-5-14-28-22)13-17-31-26(19-25)8-3-4-9-26/h2,5-7,14-15,20,23,27H,3-4,8-13,16-19H2,1H3/t20-,23+,25?/m0/s1. The molecule has 2 aromatic heterocycles. The molecule has 166 valence electrons. The molecule has 2 aliphatic carbocycles. The van der Waals surface area contributed by atoms with Crippen LogP contribution in [0.3, 0.4) is 0 Å². The number of nitrogens with one attached hydrogen (secondary N) is 1. The van der Waals surface area contributed by atoms with Crippen LogP contribution in [-0.2, 0) is 10.2 Å². The predicted molar refractivity (Wildman–Crippen MR) is 121 cm³/mol. The third kappa shape index (κ3) is 3.45. The van der Waals surface area contributed by atoms with Crippen molar-refractivity contribution in [1.29, 1.82) is 0 Å². The fraction of sp³-hybridized carbons (Fsp3) is 0.692. The van der Waals surface area contributed by atoms with Gasteiger partial charge < -0.3 is 10.1 Å². The predicted octanol–water partition coefficient (Wildman–Crippen LogP) is 5.11. The Balaban J connectivity index is 1.19. The average Bonchev–Trinajstić information content (AvgIpc) is 3.16. The van der Waals surface area contributed by atoms with Gasteiger partial charge in [0.2, 0.25) is 0 Å². The van der Waals surface area contributed by atoms with Crippen LogP contribution in [0.4, 0.5) is 0 Å². The topological polar surface area (TPSA) is 52.0 Å². The molecule has 1 spiro atoms. The van der Waals surface area contributed by atoms with Crippen LogP contribution < -0.4 is 5.32 Å². The van der Waals surface area contributed by atoms with E-state index < -0.39 is 0 Å². The first-order valence-corrected chi connectivity index (χ1v) is 12.4. The Bertz CT molecular complexity index is 914. The van der Waals surface area contributed by atoms with E-state index in [0.29, 0.717) is 17.5 Å². The summed E-state index contributed by atoms with van der Waals surface area (Å²) in [7, 11) is 0. The van der Waals surface area contributed by atoms with Gasteiger partial charge in [0.05, 0.1) is 23.4 Å². The number of nitrogens with zero attached hydrogens (tertiary/aromatic N) is 3. The van der Waals surface area contributed by atoms with E-state index in [9.17, 15) is 0 Å². The second-order valence-corrected chi connectivity index (χ2v) is 11.0. The highest BCUT2D eigenvalue weighted by molar-refractivity contribution is 5.21. The molecule has 5 nitrogen and oxygen atoms in total. The molecule has 1 unspecified atom stereocenters. The van der Waals surface area contributed by atoms with Gasteiger partial charge in [-0.15, -0.1) is 0 Å². The lowest BCUT2D eigenvalue weighted by Crippen LogP contribution is -2.47. The highest BCUT2D eigenvalue weighted by Crippen LogP contribution is 2.58. The van der Waals surface area contributed by atoms with Crippen molar-refractivity contribution in [2.75, 3.05) is 13.2 Å². The van der Waals surface area contributed by atoms with Crippen LogP contribution in [0.1, 0.15) is 94.6 Å². The van der Waals surface area contributed by atoms with Gasteiger partial charge in [0.25, 0.3) is 0 Å². The van der Waals surface area contributed by atoms with Crippen molar-refractivity contribution in [3.63, 3.8) is 0 Å². The maximum absolute atomic E-state index is 6.42. The molecule has 2 aliphatic heterocycles. The Morgan fingerprint density at radius 2 is 1.97 bits per heavy atom. The number of pyridine rings is 1. The Morgan fingerprint density at radius 1 is 1.10 bits per heavy atom. The molecule has 0 radical (unpaired) electrons. The molecular formula is C26H36N4O. The first-order chi connectivity index (χ1) is 15.1. The summed E-state index contributed by atoms with van der Waals surface area (Å²) in [6.07, 6.45) is 16.2. The third-order valence-electron chi connectivity index (χ3n) is 9.02. The van der Waals surface area contributed by atoms with Crippen molar-refractivity contribution >= 4 is 0 Å². The minimum absolute atomic E-state index is 0.0907. The molecule has 1 N–H and O–H groups in total. The van der Waals surface area contributed by atoms with Crippen molar-refractivity contribution in [1.82, 2.24) is 20.1 Å². The van der Waals surface area contributed by atoms with E-state index >= 15 is 0 Å². The zero-order valence-corrected chi connectivity index (χ0v) is 18.9. The second-order valence-electron chi connectivity index (χ2n) is 11.0. The summed E-state index contributed by atoms with van der Waals surface area (Å²) >= 11 is 0. The van der Waals surface area contributed by atoms with Gasteiger partial charge >= 0.3 is 0 Å². The zero-order valence-electron chi connectivity index (χ0n) is 18.9. The third-order valence-corrected chi connectivity index (χ3v) is 9.02. The minimum Gasteiger partial charge on any atom is -0.375 e. The average molecular weight is 421 g/mol. The summed E-state index contributed by atoms with van der Waals surface area (Å²) in [6.45, 7) is 4.32. The van der Waals surface area contributed by atoms with E-state index in [1.807, 2.05) is 18.5 Å². The number of ether oxygens (including phenoxy) is 1. The summed E-state index contributed by atoms with van der Waals surface area (Å²) in [5.74, 6) is 0. The SMILES string of the molecule is CC1([C@H]2C[C@H](NCCC3(c4ccccn4)CCOC4(CCCC4)C3)c3ccnn32)CC1. The molecule has 5 heteroatoms. The van der Waals surface area contributed by atoms with Crippen LogP contribution in [-0.4, -0.2) is 33.5 Å². The van der Waals surface area contributed by atoms with Gasteiger partial charge in [-0.1, -0.05) is 25.8 Å². The molecule has 6 rings (SSSR count). The van der Waals surface area contributed by atoms with Gasteiger partial charge in [-0.05, 0) is 81.5 Å². The summed E-state index contributed by atoms with van der Waals surface area (Å²) in [4.78, 5) is 4.86. The van der Waals surface area contributed by atoms with Crippen LogP contribution in [0, 0.1) is 5.41 Å². The van der Waals surface area contributed by atoms with Crippen LogP contribution in [0.2, 0.25) is 0 Å². The summed E-state index contributed by atoms with van der Waals surface area (Å²) in [5, 5.41) is 8.64. The van der Waals surface area contributed by atoms with Crippen molar-refractivity contribution in [3.8, 4) is 0 Å². The quantitative estimate of drug-likeness (QED) is 0.706. The van der Waals surface area contributed by atoms with Crippen LogP contribution in [0.5, 0.6) is 0 Å². The largest absolute Gasteiger partial charge is 0.375 e. The van der Waals surface area contributed by atoms with Gasteiger partial charge in [0, 0.05) is 30.1 Å². The molecule has 0 aromatic carbocycles. The number of fused-ring (bicyclic) bond motifs is 1. The van der Waals surface area contributed by atoms with Crippen molar-refractivity contribution < 1.29 is 4.74 Å². The van der Waals surface area contributed by atoms with Crippen molar-refractivity contribution in [2.45, 2.75) is 94.2 Å². The van der Waals surface area contributed by atoms with E-state index in [1.54, 1.807) is 0 Å². The highest BCUT2D eigenvalue weighted by Gasteiger charge is 2.51. The second kappa shape index (κ2) is 7.41. The monoisotopic (exact) mass is 420 g/mol. The van der Waals surface area contributed by atoms with Gasteiger partial charge in [0.15, 0.2) is 0 Å². The van der Waals surface area contributed by atoms with E-state index in [0.717, 1.165) is 32.4 Å². The van der Waals surface area contributed by atoms with Crippen molar-refractivity contribution in [3.05, 3.63) is 48.0 Å². The van der Waals surface area contributed by atoms with Gasteiger partial charge in [-0.25, -0.2) is 0 Å². The number of rotatable bonds is 6. The molecule has 3 atom stereocenters. The smallest absolute Gasteiger partial charge is 0.0691 e. The summed E-state index contributed by atoms with van der Waals surface area (Å²) in [6, 6.07) is 9.65. The summed E-state index contributed by atoms with van der Waals surface area (Å²) < 4.78 is 8.74. The van der Waals surface area contributed by atoms with E-state index in [1.165, 1.54) is 56.3 Å². The van der Waals surface area contributed by atoms with Crippen LogP contribution in [0.25, 0.3) is 0 Å². The van der Waals surface area contributed by atoms with Gasteiger partial charge in [0.1, 0.15) is 0 Å². The molecule has 4 heterocycles. The number of aromatic nitrogens is 3. The number of hydrogen-bond donors (Lipinski definition) is 1. The normalized spacial score (nSPS) is 32.9. The molecule has 2 aromatic rings. The Morgan fingerprint density at radius 3 is 2.74 bits per heavy atom. The summed E-state index contributed by atoms with van der Waals surface area (Å²) in [5.41, 5.74) is 3.32. The zero-order chi connectivity index (χ0) is 20.9. The first kappa shape index (κ1) is 19.9. The molecule has 0 bridgehead atoms. The first-order valence-electron chi connectivity index (χ1n) is 12.4. The van der Waals surface area contributed by atoms with Gasteiger partial charge in [-0.2, -0.15) is 5.10 Å². The molecule has 0 amide bonds. The Kier molecular flexibility index (Phi) is 4.77. The van der Waals surface area contributed by atoms with E-state index in [2.05, 4.69) is 35.1 Å². The van der Waals surface area contributed by atoms with Gasteiger partial charge in [-0.3, -0.25) is 9.67 Å². The number of hydrogen-bond acceptors (Lipinski definition) is 4. The lowest BCUT2D eigenvalue weighted by atomic mass is 9.68. The maximum Gasteiger partial charge on any atom is 0.0691 e. The van der Waals surface area contributed by atoms with E-state index in [-0.39, 0.29) is 11.0 Å². The lowest BCUT2D eigenvalue weighted by molar-refractivity contribution is -0.104. The maximum atomic E-state index is 6.42. The fourth-order valence-corrected chi connectivity index (χ4v) is 6.88. The van der Waals surface area contributed by atoms with Crippen molar-refractivity contribution in [2.24, 2.45) is 5.41 Å². The lowest BCUT2D eigenvalue weighted by Gasteiger charge is -2.46. The molecule has 31 heavy (non-hydrogen) atoms. The van der Waals surface area contributed by atoms with E-state index in [4.69, 9.17) is 14.8 Å². The Hall–Kier alpha value is -1.72. The minimum atomic E-state index is 0.0907. The van der Waals surface area contributed by atoms with Crippen LogP contribution in [0.15, 0.2) is 36.7 Å². The highest BCUT2D eigenvalue weighted by atomic mass is 16.5. The molecular weight excluding hydrogens is 384 g/mol. The fourth-order valence-electron chi connectivity index (χ4n) is 6.88. The van der Waals surface area contributed by atoms with Crippen LogP contribution >= 0.6 is 0 Å². The Labute approximate surface area is 186 Å².